The maximum atomic E-state index is 13.1. The lowest BCUT2D eigenvalue weighted by atomic mass is 9.93. The number of aromatic nitrogens is 4. The van der Waals surface area contributed by atoms with Crippen LogP contribution in [-0.4, -0.2) is 31.5 Å². The van der Waals surface area contributed by atoms with Crippen molar-refractivity contribution in [2.75, 3.05) is 0 Å². The molecule has 0 radical (unpaired) electrons. The zero-order valence-corrected chi connectivity index (χ0v) is 38.4. The summed E-state index contributed by atoms with van der Waals surface area (Å²) in [5.41, 5.74) is 23.8. The van der Waals surface area contributed by atoms with Gasteiger partial charge in [-0.1, -0.05) is 117 Å². The number of carbonyl (C=O) groups excluding carboxylic acids is 2. The monoisotopic (exact) mass is 866 g/mol. The van der Waals surface area contributed by atoms with E-state index in [-0.39, 0.29) is 27.1 Å². The minimum absolute atomic E-state index is 0.130. The first-order valence-electron chi connectivity index (χ1n) is 21.1. The van der Waals surface area contributed by atoms with Crippen LogP contribution in [0.2, 0.25) is 0 Å². The quantitative estimate of drug-likeness (QED) is 0.152. The van der Waals surface area contributed by atoms with Crippen LogP contribution in [0.5, 0.6) is 0 Å². The highest BCUT2D eigenvalue weighted by atomic mass is 35.5. The second-order valence-electron chi connectivity index (χ2n) is 16.2. The van der Waals surface area contributed by atoms with Gasteiger partial charge in [0.1, 0.15) is 10.1 Å². The number of nitrogens with zero attached hydrogens (tertiary/aromatic N) is 2. The number of aromatic amines is 2. The molecule has 0 saturated heterocycles. The van der Waals surface area contributed by atoms with E-state index in [2.05, 4.69) is 121 Å². The Kier molecular flexibility index (Phi) is 11.5. The lowest BCUT2D eigenvalue weighted by molar-refractivity contribution is -0.115. The number of hydrogen-bond acceptors (Lipinski definition) is 4. The molecule has 8 bridgehead atoms. The van der Waals surface area contributed by atoms with Gasteiger partial charge in [0, 0.05) is 34.2 Å². The molecule has 2 aliphatic heterocycles. The first-order chi connectivity index (χ1) is 29.2. The third-order valence-electron chi connectivity index (χ3n) is 12.8. The summed E-state index contributed by atoms with van der Waals surface area (Å²) in [5, 5.41) is -0.852. The molecule has 5 aromatic rings. The number of Topliss-reactive ketones (excluding diaryl/α,β-unsaturated/α-hetero) is 2. The standard InChI is InChI=1S/C52H49Cl3N4O2/c1-10-33-26(6)47-42(31-18-14-25(5)15-19-31)48-27(7)34(11-2)39(57-48)24-41-36(13-4)29(9)50(59-41)43(49-28(8)35(12-3)40(58-49)23-38(33)56-47)32-20-16-30(17-21-32)22-37-44(53)52(61)46(55)45(54)51(37)60/h14-21,23-24,58-59H,10-13,22H2,1-9H3. The van der Waals surface area contributed by atoms with E-state index >= 15 is 0 Å². The minimum atomic E-state index is -0.641. The molecular formula is C52H49Cl3N4O2. The summed E-state index contributed by atoms with van der Waals surface area (Å²) in [6, 6.07) is 21.3. The lowest BCUT2D eigenvalue weighted by Crippen LogP contribution is -2.19. The molecule has 0 spiro atoms. The normalized spacial score (nSPS) is 14.7. The number of rotatable bonds is 8. The predicted molar refractivity (Wildman–Crippen MR) is 256 cm³/mol. The fraction of sp³-hybridized carbons (Fsp3) is 0.269. The average molecular weight is 868 g/mol. The minimum Gasteiger partial charge on any atom is -0.354 e. The Hall–Kier alpha value is -5.27. The molecular weight excluding hydrogens is 819 g/mol. The second-order valence-corrected chi connectivity index (χ2v) is 17.3. The number of halogens is 3. The molecule has 3 aromatic heterocycles. The fourth-order valence-electron chi connectivity index (χ4n) is 9.41. The van der Waals surface area contributed by atoms with Gasteiger partial charge in [-0.05, 0) is 134 Å². The molecule has 1 aliphatic carbocycles. The van der Waals surface area contributed by atoms with E-state index in [0.717, 1.165) is 109 Å². The van der Waals surface area contributed by atoms with Gasteiger partial charge in [0.15, 0.2) is 0 Å². The highest BCUT2D eigenvalue weighted by Gasteiger charge is 2.32. The molecule has 310 valence electrons. The largest absolute Gasteiger partial charge is 0.354 e. The van der Waals surface area contributed by atoms with Crippen molar-refractivity contribution in [3.05, 3.63) is 137 Å². The predicted octanol–water partition coefficient (Wildman–Crippen LogP) is 14.3. The number of ketones is 2. The number of H-pyrrole nitrogens is 2. The van der Waals surface area contributed by atoms with Crippen molar-refractivity contribution in [2.45, 2.75) is 94.4 Å². The SMILES string of the molecule is CCC1=C(C)c2nc1cc1[nH]c(c(C)c1CC)c(-c1ccc(CC3=C(Cl)C(=O)C(Cl)=C(Cl)C3=O)cc1)c1[nH]c(cc3nc(c2-c2ccc(C)cc2)C(C)=C3CC)c(CC)c1C. The summed E-state index contributed by atoms with van der Waals surface area (Å²) >= 11 is 18.6. The van der Waals surface area contributed by atoms with Crippen molar-refractivity contribution in [3.63, 3.8) is 0 Å². The zero-order chi connectivity index (χ0) is 43.6. The molecule has 0 atom stereocenters. The van der Waals surface area contributed by atoms with Crippen LogP contribution in [0.4, 0.5) is 0 Å². The van der Waals surface area contributed by atoms with Crippen molar-refractivity contribution >= 4 is 90.7 Å². The molecule has 3 aliphatic rings. The van der Waals surface area contributed by atoms with Gasteiger partial charge in [-0.2, -0.15) is 0 Å². The molecule has 8 rings (SSSR count). The number of carbonyl (C=O) groups is 2. The number of nitrogens with one attached hydrogen (secondary N) is 2. The van der Waals surface area contributed by atoms with Crippen molar-refractivity contribution in [2.24, 2.45) is 0 Å². The van der Waals surface area contributed by atoms with Crippen molar-refractivity contribution in [3.8, 4) is 22.3 Å². The van der Waals surface area contributed by atoms with Gasteiger partial charge in [-0.15, -0.1) is 0 Å². The molecule has 0 saturated carbocycles. The van der Waals surface area contributed by atoms with Gasteiger partial charge in [0.05, 0.1) is 38.8 Å². The molecule has 0 fully saturated rings. The van der Waals surface area contributed by atoms with Crippen LogP contribution < -0.4 is 0 Å². The number of fused-ring (bicyclic) bond motifs is 8. The number of hydrogen-bond donors (Lipinski definition) is 2. The Labute approximate surface area is 372 Å². The lowest BCUT2D eigenvalue weighted by Gasteiger charge is -2.15. The summed E-state index contributed by atoms with van der Waals surface area (Å²) in [6.45, 7) is 19.7. The van der Waals surface area contributed by atoms with Crippen molar-refractivity contribution in [1.82, 2.24) is 19.9 Å². The van der Waals surface area contributed by atoms with Crippen LogP contribution >= 0.6 is 34.8 Å². The van der Waals surface area contributed by atoms with E-state index in [1.807, 2.05) is 12.1 Å². The maximum absolute atomic E-state index is 13.1. The van der Waals surface area contributed by atoms with Gasteiger partial charge in [-0.3, -0.25) is 9.59 Å². The van der Waals surface area contributed by atoms with Gasteiger partial charge in [0.25, 0.3) is 0 Å². The van der Waals surface area contributed by atoms with Crippen LogP contribution in [0.25, 0.3) is 66.6 Å². The zero-order valence-electron chi connectivity index (χ0n) is 36.2. The van der Waals surface area contributed by atoms with E-state index in [4.69, 9.17) is 44.8 Å². The number of allylic oxidation sites excluding steroid dienone is 8. The average Bonchev–Trinajstić information content (AvgIpc) is 3.94. The second kappa shape index (κ2) is 16.5. The van der Waals surface area contributed by atoms with Crippen molar-refractivity contribution in [1.29, 1.82) is 0 Å². The Morgan fingerprint density at radius 3 is 1.43 bits per heavy atom. The van der Waals surface area contributed by atoms with Gasteiger partial charge in [-0.25, -0.2) is 9.97 Å². The molecule has 5 heterocycles. The topological polar surface area (TPSA) is 91.5 Å². The Bertz CT molecular complexity index is 2900. The summed E-state index contributed by atoms with van der Waals surface area (Å²) in [5.74, 6) is -1.18. The fourth-order valence-corrected chi connectivity index (χ4v) is 10.1. The molecule has 0 amide bonds. The highest BCUT2D eigenvalue weighted by Crippen LogP contribution is 2.44. The smallest absolute Gasteiger partial charge is 0.217 e. The first kappa shape index (κ1) is 42.4. The van der Waals surface area contributed by atoms with E-state index < -0.39 is 11.6 Å². The van der Waals surface area contributed by atoms with Crippen molar-refractivity contribution < 1.29 is 9.59 Å². The third-order valence-corrected chi connectivity index (χ3v) is 14.0. The number of benzene rings is 2. The molecule has 61 heavy (non-hydrogen) atoms. The van der Waals surface area contributed by atoms with E-state index in [9.17, 15) is 9.59 Å². The Morgan fingerprint density at radius 1 is 0.525 bits per heavy atom. The third kappa shape index (κ3) is 7.07. The van der Waals surface area contributed by atoms with Gasteiger partial charge in [0.2, 0.25) is 11.6 Å². The van der Waals surface area contributed by atoms with Crippen LogP contribution in [0.3, 0.4) is 0 Å². The summed E-state index contributed by atoms with van der Waals surface area (Å²) in [4.78, 5) is 44.7. The number of aryl methyl sites for hydroxylation is 5. The molecule has 9 heteroatoms. The van der Waals surface area contributed by atoms with Crippen LogP contribution in [-0.2, 0) is 28.9 Å². The summed E-state index contributed by atoms with van der Waals surface area (Å²) in [6.07, 6.45) is 3.43. The van der Waals surface area contributed by atoms with Crippen LogP contribution in [0.15, 0.2) is 81.3 Å². The molecule has 0 unspecified atom stereocenters. The highest BCUT2D eigenvalue weighted by molar-refractivity contribution is 6.64. The molecule has 2 aromatic carbocycles. The van der Waals surface area contributed by atoms with E-state index in [0.29, 0.717) is 0 Å². The van der Waals surface area contributed by atoms with E-state index in [1.165, 1.54) is 39.0 Å². The van der Waals surface area contributed by atoms with Crippen LogP contribution in [0.1, 0.15) is 111 Å². The first-order valence-corrected chi connectivity index (χ1v) is 22.3. The summed E-state index contributed by atoms with van der Waals surface area (Å²) in [7, 11) is 0. The Balaban J connectivity index is 1.47. The van der Waals surface area contributed by atoms with E-state index in [1.54, 1.807) is 0 Å². The maximum Gasteiger partial charge on any atom is 0.217 e. The Morgan fingerprint density at radius 2 is 0.967 bits per heavy atom. The van der Waals surface area contributed by atoms with Gasteiger partial charge >= 0.3 is 0 Å². The summed E-state index contributed by atoms with van der Waals surface area (Å²) < 4.78 is 0. The van der Waals surface area contributed by atoms with Gasteiger partial charge < -0.3 is 9.97 Å². The van der Waals surface area contributed by atoms with Crippen LogP contribution in [0, 0.1) is 20.8 Å². The molecule has 6 nitrogen and oxygen atoms in total. The molecule has 2 N–H and O–H groups in total.